The quantitative estimate of drug-likeness (QED) is 0.138. The average Bonchev–Trinajstić information content (AvgIpc) is 3.55. The molecule has 2 aromatic carbocycles. The van der Waals surface area contributed by atoms with Crippen LogP contribution in [0.3, 0.4) is 0 Å². The van der Waals surface area contributed by atoms with Gasteiger partial charge in [0, 0.05) is 62.3 Å². The summed E-state index contributed by atoms with van der Waals surface area (Å²) in [6, 6.07) is 14.1. The predicted molar refractivity (Wildman–Crippen MR) is 207 cm³/mol. The molecule has 0 radical (unpaired) electrons. The molecule has 0 spiro atoms. The van der Waals surface area contributed by atoms with Crippen molar-refractivity contribution < 1.29 is 21.4 Å². The van der Waals surface area contributed by atoms with Crippen molar-refractivity contribution in [1.82, 2.24) is 24.8 Å². The Bertz CT molecular complexity index is 2290. The molecule has 1 fully saturated rings. The lowest BCUT2D eigenvalue weighted by Gasteiger charge is -2.35. The fraction of sp³-hybridized carbons (Fsp3) is 0.306. The van der Waals surface area contributed by atoms with Gasteiger partial charge in [-0.05, 0) is 54.8 Å². The van der Waals surface area contributed by atoms with E-state index in [1.807, 2.05) is 25.1 Å². The van der Waals surface area contributed by atoms with Gasteiger partial charge in [-0.3, -0.25) is 4.90 Å². The lowest BCUT2D eigenvalue weighted by molar-refractivity contribution is 0.271. The van der Waals surface area contributed by atoms with Crippen LogP contribution in [0.1, 0.15) is 30.3 Å². The summed E-state index contributed by atoms with van der Waals surface area (Å²) in [5.74, 6) is 3.24. The van der Waals surface area contributed by atoms with E-state index < -0.39 is 36.1 Å². The number of anilines is 4. The Morgan fingerprint density at radius 1 is 0.962 bits per heavy atom. The zero-order valence-corrected chi connectivity index (χ0v) is 31.7. The van der Waals surface area contributed by atoms with Crippen LogP contribution >= 0.6 is 11.3 Å². The van der Waals surface area contributed by atoms with Crippen LogP contribution in [-0.2, 0) is 19.5 Å². The van der Waals surface area contributed by atoms with Crippen molar-refractivity contribution in [2.24, 2.45) is 0 Å². The highest BCUT2D eigenvalue weighted by Gasteiger charge is 2.23. The molecule has 2 N–H and O–H groups in total. The van der Waals surface area contributed by atoms with E-state index in [9.17, 15) is 21.4 Å². The normalized spacial score (nSPS) is 15.1. The first-order valence-electron chi connectivity index (χ1n) is 16.6. The first-order valence-corrected chi connectivity index (χ1v) is 21.2. The van der Waals surface area contributed by atoms with Crippen LogP contribution in [0.2, 0.25) is 0 Å². The van der Waals surface area contributed by atoms with Crippen molar-refractivity contribution in [3.8, 4) is 21.8 Å². The summed E-state index contributed by atoms with van der Waals surface area (Å²) in [6.07, 6.45) is 4.69. The highest BCUT2D eigenvalue weighted by Crippen LogP contribution is 2.39. The number of halogens is 2. The van der Waals surface area contributed by atoms with Crippen molar-refractivity contribution in [3.63, 3.8) is 0 Å². The molecule has 52 heavy (non-hydrogen) atoms. The number of piperazine rings is 1. The number of nitrogens with zero attached hydrogens (tertiary/aromatic N) is 6. The SMILES string of the molecule is C=S(=O)(Nc1cccc(-c2nc(C(C)C)sc2-c2ccnc(Nc3cnc(N4CCN(CCS(C)(=O)=O)CC4)cc3C)n2)c1)c1c(F)cccc1F. The number of hydrogen-bond donors (Lipinski definition) is 2. The largest absolute Gasteiger partial charge is 0.354 e. The van der Waals surface area contributed by atoms with Crippen molar-refractivity contribution in [2.75, 3.05) is 59.7 Å². The number of benzene rings is 2. The van der Waals surface area contributed by atoms with E-state index in [-0.39, 0.29) is 11.7 Å². The molecule has 3 aromatic heterocycles. The van der Waals surface area contributed by atoms with E-state index in [2.05, 4.69) is 44.5 Å². The smallest absolute Gasteiger partial charge is 0.227 e. The van der Waals surface area contributed by atoms with E-state index in [1.165, 1.54) is 23.7 Å². The van der Waals surface area contributed by atoms with Crippen LogP contribution in [0.15, 0.2) is 71.9 Å². The van der Waals surface area contributed by atoms with E-state index in [0.29, 0.717) is 35.1 Å². The van der Waals surface area contributed by atoms with Crippen LogP contribution in [-0.4, -0.2) is 88.1 Å². The van der Waals surface area contributed by atoms with Gasteiger partial charge in [0.15, 0.2) is 0 Å². The Morgan fingerprint density at radius 2 is 1.67 bits per heavy atom. The first-order chi connectivity index (χ1) is 24.7. The maximum absolute atomic E-state index is 14.5. The molecule has 6 rings (SSSR count). The lowest BCUT2D eigenvalue weighted by Crippen LogP contribution is -2.47. The molecule has 4 heterocycles. The number of rotatable bonds is 12. The maximum Gasteiger partial charge on any atom is 0.227 e. The van der Waals surface area contributed by atoms with Gasteiger partial charge in [0.25, 0.3) is 0 Å². The summed E-state index contributed by atoms with van der Waals surface area (Å²) < 4.78 is 68.3. The number of thiazole rings is 1. The van der Waals surface area contributed by atoms with Crippen LogP contribution in [0.25, 0.3) is 21.8 Å². The van der Waals surface area contributed by atoms with Gasteiger partial charge in [0.2, 0.25) is 5.95 Å². The second-order valence-corrected chi connectivity index (χ2v) is 18.3. The van der Waals surface area contributed by atoms with Crippen molar-refractivity contribution in [2.45, 2.75) is 31.6 Å². The summed E-state index contributed by atoms with van der Waals surface area (Å²) in [7, 11) is -6.57. The van der Waals surface area contributed by atoms with Gasteiger partial charge in [-0.15, -0.1) is 11.3 Å². The fourth-order valence-electron chi connectivity index (χ4n) is 5.73. The first kappa shape index (κ1) is 37.3. The second-order valence-electron chi connectivity index (χ2n) is 13.0. The van der Waals surface area contributed by atoms with Gasteiger partial charge < -0.3 is 14.9 Å². The minimum Gasteiger partial charge on any atom is -0.354 e. The Labute approximate surface area is 307 Å². The Morgan fingerprint density at radius 3 is 2.35 bits per heavy atom. The molecule has 0 aliphatic carbocycles. The molecule has 1 aliphatic rings. The highest BCUT2D eigenvalue weighted by atomic mass is 32.2. The van der Waals surface area contributed by atoms with E-state index in [1.54, 1.807) is 30.6 Å². The van der Waals surface area contributed by atoms with Crippen LogP contribution in [0.5, 0.6) is 0 Å². The number of aryl methyl sites for hydroxylation is 1. The van der Waals surface area contributed by atoms with Crippen molar-refractivity contribution in [1.29, 1.82) is 0 Å². The molecule has 0 amide bonds. The average molecular weight is 767 g/mol. The third-order valence-corrected chi connectivity index (χ3v) is 12.4. The maximum atomic E-state index is 14.5. The summed E-state index contributed by atoms with van der Waals surface area (Å²) in [4.78, 5) is 23.5. The Balaban J connectivity index is 1.21. The van der Waals surface area contributed by atoms with Crippen LogP contribution in [0, 0.1) is 18.6 Å². The van der Waals surface area contributed by atoms with E-state index in [4.69, 9.17) is 15.0 Å². The van der Waals surface area contributed by atoms with Gasteiger partial charge >= 0.3 is 0 Å². The summed E-state index contributed by atoms with van der Waals surface area (Å²) in [6.45, 7) is 9.65. The van der Waals surface area contributed by atoms with Gasteiger partial charge in [-0.1, -0.05) is 32.0 Å². The number of aromatic nitrogens is 4. The van der Waals surface area contributed by atoms with E-state index in [0.717, 1.165) is 65.3 Å². The molecule has 0 bridgehead atoms. The molecule has 16 heteroatoms. The number of pyridine rings is 1. The lowest BCUT2D eigenvalue weighted by atomic mass is 10.1. The Kier molecular flexibility index (Phi) is 10.9. The summed E-state index contributed by atoms with van der Waals surface area (Å²) in [5, 5.41) is 4.19. The molecule has 5 aromatic rings. The van der Waals surface area contributed by atoms with Gasteiger partial charge in [-0.25, -0.2) is 41.3 Å². The minimum absolute atomic E-state index is 0.128. The number of hydrogen-bond acceptors (Lipinski definition) is 11. The molecular weight excluding hydrogens is 727 g/mol. The highest BCUT2D eigenvalue weighted by molar-refractivity contribution is 8.01. The molecule has 1 aliphatic heterocycles. The summed E-state index contributed by atoms with van der Waals surface area (Å²) in [5.41, 5.74) is 4.04. The molecule has 1 unspecified atom stereocenters. The fourth-order valence-corrected chi connectivity index (χ4v) is 8.75. The molecule has 274 valence electrons. The minimum atomic E-state index is -3.58. The van der Waals surface area contributed by atoms with Crippen molar-refractivity contribution in [3.05, 3.63) is 89.2 Å². The standard InChI is InChI=1S/C36H40F2N8O3S3/c1-23(2)35-43-32(25-8-6-9-26(21-25)44-52(5,49)34-27(37)10-7-11-28(34)38)33(50-35)29-12-13-39-36(41-29)42-30-22-40-31(20-24(30)3)46-16-14-45(15-17-46)18-19-51(4,47)48/h6-13,20-23H,5,14-19H2,1-4H3,(H,44,49)(H,39,41,42). The predicted octanol–water partition coefficient (Wildman–Crippen LogP) is 6.38. The zero-order chi connectivity index (χ0) is 37.2. The number of sulfone groups is 1. The van der Waals surface area contributed by atoms with Gasteiger partial charge in [-0.2, -0.15) is 0 Å². The molecule has 1 atom stereocenters. The van der Waals surface area contributed by atoms with Crippen molar-refractivity contribution >= 4 is 59.9 Å². The number of nitrogens with one attached hydrogen (secondary N) is 2. The third-order valence-electron chi connectivity index (χ3n) is 8.51. The van der Waals surface area contributed by atoms with Crippen LogP contribution < -0.4 is 14.9 Å². The second kappa shape index (κ2) is 15.2. The van der Waals surface area contributed by atoms with E-state index >= 15 is 0 Å². The topological polar surface area (TPSA) is 133 Å². The third kappa shape index (κ3) is 8.74. The van der Waals surface area contributed by atoms with Gasteiger partial charge in [0.05, 0.1) is 48.6 Å². The molecule has 11 nitrogen and oxygen atoms in total. The van der Waals surface area contributed by atoms with Crippen LogP contribution in [0.4, 0.5) is 31.9 Å². The van der Waals surface area contributed by atoms with Gasteiger partial charge in [0.1, 0.15) is 32.2 Å². The Hall–Kier alpha value is -4.51. The molecule has 0 saturated carbocycles. The monoisotopic (exact) mass is 766 g/mol. The summed E-state index contributed by atoms with van der Waals surface area (Å²) >= 11 is 1.51. The molecular formula is C36H40F2N8O3S3. The molecule has 1 saturated heterocycles. The zero-order valence-electron chi connectivity index (χ0n) is 29.3.